The normalized spacial score (nSPS) is 12.7. The van der Waals surface area contributed by atoms with Gasteiger partial charge in [0.25, 0.3) is 0 Å². The van der Waals surface area contributed by atoms with Crippen molar-refractivity contribution < 1.29 is 9.53 Å². The van der Waals surface area contributed by atoms with E-state index in [0.29, 0.717) is 12.5 Å². The monoisotopic (exact) mass is 618 g/mol. The van der Waals surface area contributed by atoms with Gasteiger partial charge in [0.15, 0.2) is 0 Å². The number of aromatic amines is 1. The molecule has 4 heterocycles. The van der Waals surface area contributed by atoms with Crippen molar-refractivity contribution in [3.05, 3.63) is 60.0 Å². The number of benzene rings is 1. The quantitative estimate of drug-likeness (QED) is 0.192. The van der Waals surface area contributed by atoms with Gasteiger partial charge in [0.05, 0.1) is 35.6 Å². The van der Waals surface area contributed by atoms with Crippen LogP contribution in [-0.4, -0.2) is 82.7 Å². The Kier molecular flexibility index (Phi) is 16.8. The summed E-state index contributed by atoms with van der Waals surface area (Å²) in [4.78, 5) is 34.0. The minimum atomic E-state index is -0.306. The molecule has 0 atom stereocenters. The van der Waals surface area contributed by atoms with Crippen molar-refractivity contribution in [3.8, 4) is 22.4 Å². The minimum absolute atomic E-state index is 0.306. The van der Waals surface area contributed by atoms with Crippen molar-refractivity contribution >= 4 is 23.0 Å². The highest BCUT2D eigenvalue weighted by molar-refractivity contribution is 5.98. The predicted molar refractivity (Wildman–Crippen MR) is 187 cm³/mol. The molecule has 0 radical (unpaired) electrons. The fourth-order valence-corrected chi connectivity index (χ4v) is 4.61. The molecule has 2 amide bonds. The van der Waals surface area contributed by atoms with Crippen molar-refractivity contribution in [1.82, 2.24) is 35.1 Å². The maximum Gasteiger partial charge on any atom is 0.321 e. The molecule has 1 aliphatic heterocycles. The van der Waals surface area contributed by atoms with Gasteiger partial charge in [-0.05, 0) is 62.5 Å². The highest BCUT2D eigenvalue weighted by atomic mass is 16.5. The number of carbonyl (C=O) groups excluding carboxylic acids is 1. The average molecular weight is 619 g/mol. The molecule has 10 nitrogen and oxygen atoms in total. The molecule has 4 aromatic rings. The number of nitrogens with one attached hydrogen (secondary N) is 3. The third-order valence-electron chi connectivity index (χ3n) is 6.40. The molecule has 45 heavy (non-hydrogen) atoms. The van der Waals surface area contributed by atoms with Gasteiger partial charge < -0.3 is 19.9 Å². The molecule has 246 valence electrons. The third-order valence-corrected chi connectivity index (χ3v) is 6.40. The van der Waals surface area contributed by atoms with E-state index in [2.05, 4.69) is 68.5 Å². The number of hydrogen-bond donors (Lipinski definition) is 3. The van der Waals surface area contributed by atoms with E-state index in [-0.39, 0.29) is 6.03 Å². The average Bonchev–Trinajstić information content (AvgIpc) is 3.46. The highest BCUT2D eigenvalue weighted by Crippen LogP contribution is 2.33. The molecule has 1 fully saturated rings. The first-order valence-corrected chi connectivity index (χ1v) is 16.3. The smallest absolute Gasteiger partial charge is 0.321 e. The molecule has 10 heteroatoms. The van der Waals surface area contributed by atoms with Gasteiger partial charge >= 0.3 is 6.03 Å². The molecular weight excluding hydrogens is 564 g/mol. The first-order valence-electron chi connectivity index (χ1n) is 16.3. The van der Waals surface area contributed by atoms with Crippen LogP contribution >= 0.6 is 0 Å². The second-order valence-electron chi connectivity index (χ2n) is 10.4. The lowest BCUT2D eigenvalue weighted by molar-refractivity contribution is 0.0336. The van der Waals surface area contributed by atoms with E-state index in [1.165, 1.54) is 6.42 Å². The molecule has 0 spiro atoms. The van der Waals surface area contributed by atoms with Gasteiger partial charge in [-0.25, -0.2) is 9.78 Å². The van der Waals surface area contributed by atoms with Gasteiger partial charge in [-0.2, -0.15) is 0 Å². The number of fused-ring (bicyclic) bond motifs is 1. The Morgan fingerprint density at radius 3 is 2.31 bits per heavy atom. The topological polar surface area (TPSA) is 111 Å². The summed E-state index contributed by atoms with van der Waals surface area (Å²) in [5, 5.41) is 5.52. The summed E-state index contributed by atoms with van der Waals surface area (Å²) in [6.07, 6.45) is 5.00. The summed E-state index contributed by atoms with van der Waals surface area (Å²) >= 11 is 0. The van der Waals surface area contributed by atoms with E-state index in [1.807, 2.05) is 73.2 Å². The number of amides is 2. The summed E-state index contributed by atoms with van der Waals surface area (Å²) in [5.74, 6) is 0.382. The molecule has 0 saturated carbocycles. The molecular formula is C35H54N8O2. The Hall–Kier alpha value is -3.86. The summed E-state index contributed by atoms with van der Waals surface area (Å²) in [6.45, 7) is 19.7. The van der Waals surface area contributed by atoms with Crippen LogP contribution in [0.4, 0.5) is 10.7 Å². The van der Waals surface area contributed by atoms with Crippen LogP contribution in [0.1, 0.15) is 66.1 Å². The Labute approximate surface area is 270 Å². The van der Waals surface area contributed by atoms with E-state index in [0.717, 1.165) is 84.1 Å². The first-order chi connectivity index (χ1) is 21.9. The molecule has 0 bridgehead atoms. The largest absolute Gasteiger partial charge is 0.379 e. The number of pyridine rings is 2. The Morgan fingerprint density at radius 1 is 0.978 bits per heavy atom. The van der Waals surface area contributed by atoms with E-state index >= 15 is 0 Å². The number of imidazole rings is 1. The lowest BCUT2D eigenvalue weighted by Crippen LogP contribution is -2.35. The number of morpholine rings is 1. The zero-order chi connectivity index (χ0) is 33.2. The van der Waals surface area contributed by atoms with Crippen molar-refractivity contribution in [3.63, 3.8) is 0 Å². The number of ether oxygens (including phenoxy) is 1. The van der Waals surface area contributed by atoms with Gasteiger partial charge in [0, 0.05) is 56.2 Å². The molecule has 1 aromatic carbocycles. The number of urea groups is 1. The van der Waals surface area contributed by atoms with Crippen molar-refractivity contribution in [2.45, 2.75) is 68.0 Å². The number of carbonyl (C=O) groups is 1. The molecule has 1 saturated heterocycles. The Bertz CT molecular complexity index is 1410. The van der Waals surface area contributed by atoms with Crippen molar-refractivity contribution in [1.29, 1.82) is 0 Å². The standard InChI is InChI=1S/C28H34N8O2.C3H8.2C2H6/c1-4-29-28(37)34-27-32-25-15-21(20-5-6-22(31-16-20)18-36-9-11-38-12-10-36)14-23(26(25)33-27)24-13-19(7-8-30-24)17-35(2)3;1-3-2;2*1-2/h5-8,13-16H,4,9-12,17-18H2,1-3H3,(H3,29,32,33,34,37);3H2,1-2H3;2*1-2H3. The maximum absolute atomic E-state index is 12.1. The van der Waals surface area contributed by atoms with Gasteiger partial charge in [0.2, 0.25) is 5.95 Å². The molecule has 0 unspecified atom stereocenters. The summed E-state index contributed by atoms with van der Waals surface area (Å²) in [5.41, 5.74) is 7.43. The molecule has 1 aliphatic rings. The van der Waals surface area contributed by atoms with Crippen LogP contribution in [-0.2, 0) is 17.8 Å². The van der Waals surface area contributed by atoms with E-state index in [1.54, 1.807) is 0 Å². The van der Waals surface area contributed by atoms with Crippen LogP contribution in [0.2, 0.25) is 0 Å². The number of anilines is 1. The van der Waals surface area contributed by atoms with Crippen LogP contribution < -0.4 is 10.6 Å². The van der Waals surface area contributed by atoms with E-state index in [4.69, 9.17) is 14.7 Å². The second-order valence-corrected chi connectivity index (χ2v) is 10.4. The van der Waals surface area contributed by atoms with Gasteiger partial charge in [-0.15, -0.1) is 0 Å². The fraction of sp³-hybridized carbons (Fsp3) is 0.486. The van der Waals surface area contributed by atoms with Crippen LogP contribution in [0, 0.1) is 0 Å². The van der Waals surface area contributed by atoms with Crippen LogP contribution in [0.5, 0.6) is 0 Å². The second kappa shape index (κ2) is 20.2. The van der Waals surface area contributed by atoms with Crippen LogP contribution in [0.15, 0.2) is 48.8 Å². The SMILES string of the molecule is CC.CC.CCC.CCNC(=O)Nc1nc2c(-c3cc(CN(C)C)ccn3)cc(-c3ccc(CN4CCOCC4)nc3)cc2[nH]1. The van der Waals surface area contributed by atoms with E-state index in [9.17, 15) is 4.79 Å². The van der Waals surface area contributed by atoms with Crippen LogP contribution in [0.25, 0.3) is 33.4 Å². The molecule has 3 N–H and O–H groups in total. The third kappa shape index (κ3) is 11.5. The summed E-state index contributed by atoms with van der Waals surface area (Å²) in [6, 6.07) is 12.1. The number of hydrogen-bond acceptors (Lipinski definition) is 7. The fourth-order valence-electron chi connectivity index (χ4n) is 4.61. The van der Waals surface area contributed by atoms with Crippen LogP contribution in [0.3, 0.4) is 0 Å². The van der Waals surface area contributed by atoms with Gasteiger partial charge in [0.1, 0.15) is 0 Å². The van der Waals surface area contributed by atoms with Crippen molar-refractivity contribution in [2.24, 2.45) is 0 Å². The Balaban J connectivity index is 0.000000934. The predicted octanol–water partition coefficient (Wildman–Crippen LogP) is 7.19. The minimum Gasteiger partial charge on any atom is -0.379 e. The zero-order valence-corrected chi connectivity index (χ0v) is 28.8. The van der Waals surface area contributed by atoms with Gasteiger partial charge in [-0.1, -0.05) is 54.0 Å². The number of aromatic nitrogens is 4. The highest BCUT2D eigenvalue weighted by Gasteiger charge is 2.16. The number of rotatable bonds is 8. The summed E-state index contributed by atoms with van der Waals surface area (Å²) in [7, 11) is 4.09. The Morgan fingerprint density at radius 2 is 1.69 bits per heavy atom. The lowest BCUT2D eigenvalue weighted by atomic mass is 10.00. The molecule has 0 aliphatic carbocycles. The molecule has 5 rings (SSSR count). The maximum atomic E-state index is 12.1. The number of H-pyrrole nitrogens is 1. The summed E-state index contributed by atoms with van der Waals surface area (Å²) < 4.78 is 5.45. The molecule has 3 aromatic heterocycles. The number of nitrogens with zero attached hydrogens (tertiary/aromatic N) is 5. The zero-order valence-electron chi connectivity index (χ0n) is 28.8. The van der Waals surface area contributed by atoms with Gasteiger partial charge in [-0.3, -0.25) is 20.2 Å². The van der Waals surface area contributed by atoms with E-state index < -0.39 is 0 Å². The first kappa shape index (κ1) is 37.3. The van der Waals surface area contributed by atoms with Crippen molar-refractivity contribution in [2.75, 3.05) is 52.3 Å². The lowest BCUT2D eigenvalue weighted by Gasteiger charge is -2.26.